The highest BCUT2D eigenvalue weighted by molar-refractivity contribution is 7.89. The lowest BCUT2D eigenvalue weighted by Crippen LogP contribution is -2.38. The predicted molar refractivity (Wildman–Crippen MR) is 143 cm³/mol. The van der Waals surface area contributed by atoms with Gasteiger partial charge < -0.3 is 5.32 Å². The second-order valence-electron chi connectivity index (χ2n) is 8.37. The maximum Gasteiger partial charge on any atom is 0.243 e. The number of amides is 1. The first-order valence-electron chi connectivity index (χ1n) is 11.6. The van der Waals surface area contributed by atoms with Gasteiger partial charge in [0.1, 0.15) is 5.82 Å². The van der Waals surface area contributed by atoms with E-state index in [4.69, 9.17) is 16.7 Å². The molecule has 186 valence electrons. The lowest BCUT2D eigenvalue weighted by atomic mass is 10.1. The number of halogens is 1. The first-order valence-corrected chi connectivity index (χ1v) is 13.4. The van der Waals surface area contributed by atoms with Crippen molar-refractivity contribution in [3.05, 3.63) is 95.5 Å². The summed E-state index contributed by atoms with van der Waals surface area (Å²) in [5, 5.41) is 8.02. The molecule has 1 aromatic heterocycles. The Labute approximate surface area is 216 Å². The van der Waals surface area contributed by atoms with Crippen LogP contribution >= 0.6 is 11.6 Å². The van der Waals surface area contributed by atoms with Crippen molar-refractivity contribution in [2.24, 2.45) is 0 Å². The lowest BCUT2D eigenvalue weighted by molar-refractivity contribution is -0.116. The predicted octanol–water partition coefficient (Wildman–Crippen LogP) is 5.54. The normalized spacial score (nSPS) is 11.6. The van der Waals surface area contributed by atoms with E-state index in [9.17, 15) is 13.2 Å². The Bertz CT molecular complexity index is 1430. The summed E-state index contributed by atoms with van der Waals surface area (Å²) < 4.78 is 29.3. The summed E-state index contributed by atoms with van der Waals surface area (Å²) in [6.07, 6.45) is 0.555. The fourth-order valence-corrected chi connectivity index (χ4v) is 5.35. The van der Waals surface area contributed by atoms with Crippen LogP contribution in [0.3, 0.4) is 0 Å². The van der Waals surface area contributed by atoms with Crippen molar-refractivity contribution in [2.75, 3.05) is 18.4 Å². The molecule has 0 saturated heterocycles. The molecule has 4 aromatic rings. The fraction of sp³-hybridized carbons (Fsp3) is 0.185. The molecule has 0 fully saturated rings. The molecule has 3 aromatic carbocycles. The molecule has 0 aliphatic carbocycles. The monoisotopic (exact) mass is 522 g/mol. The van der Waals surface area contributed by atoms with Gasteiger partial charge in [-0.2, -0.15) is 9.40 Å². The van der Waals surface area contributed by atoms with Gasteiger partial charge in [-0.05, 0) is 49.7 Å². The number of hydrogen-bond acceptors (Lipinski definition) is 4. The molecule has 0 bridgehead atoms. The zero-order chi connectivity index (χ0) is 25.7. The molecule has 36 heavy (non-hydrogen) atoms. The number of aromatic nitrogens is 2. The van der Waals surface area contributed by atoms with E-state index in [-0.39, 0.29) is 18.0 Å². The Morgan fingerprint density at radius 2 is 1.67 bits per heavy atom. The second kappa shape index (κ2) is 11.1. The van der Waals surface area contributed by atoms with Crippen molar-refractivity contribution in [1.82, 2.24) is 14.1 Å². The highest BCUT2D eigenvalue weighted by atomic mass is 35.5. The Morgan fingerprint density at radius 1 is 1.00 bits per heavy atom. The van der Waals surface area contributed by atoms with Gasteiger partial charge in [0, 0.05) is 23.2 Å². The van der Waals surface area contributed by atoms with Crippen LogP contribution in [0.25, 0.3) is 16.9 Å². The molecule has 7 nitrogen and oxygen atoms in total. The van der Waals surface area contributed by atoms with Gasteiger partial charge in [-0.1, -0.05) is 66.6 Å². The van der Waals surface area contributed by atoms with Gasteiger partial charge in [0.2, 0.25) is 15.9 Å². The van der Waals surface area contributed by atoms with Crippen molar-refractivity contribution in [2.45, 2.75) is 25.2 Å². The van der Waals surface area contributed by atoms with E-state index < -0.39 is 15.9 Å². The largest absolute Gasteiger partial charge is 0.309 e. The standard InChI is InChI=1S/C27H27ClN4O3S/c1-3-17-31(36(34,35)24-15-11-22(28)12-16-24)19-27(33)29-26-18-25(21-7-5-4-6-8-21)30-32(26)23-13-9-20(2)10-14-23/h4-16,18H,3,17,19H2,1-2H3,(H,29,33). The van der Waals surface area contributed by atoms with Crippen molar-refractivity contribution >= 4 is 33.3 Å². The number of carbonyl (C=O) groups is 1. The summed E-state index contributed by atoms with van der Waals surface area (Å²) in [5.74, 6) is -0.0168. The van der Waals surface area contributed by atoms with Crippen molar-refractivity contribution in [3.8, 4) is 16.9 Å². The van der Waals surface area contributed by atoms with Crippen LogP contribution in [0.15, 0.2) is 89.8 Å². The van der Waals surface area contributed by atoms with Crippen LogP contribution < -0.4 is 5.32 Å². The first-order chi connectivity index (χ1) is 17.3. The number of carbonyl (C=O) groups excluding carboxylic acids is 1. The molecule has 1 N–H and O–H groups in total. The fourth-order valence-electron chi connectivity index (χ4n) is 3.73. The summed E-state index contributed by atoms with van der Waals surface area (Å²) in [6, 6.07) is 25.1. The number of aryl methyl sites for hydroxylation is 1. The molecule has 4 rings (SSSR count). The van der Waals surface area contributed by atoms with Crippen LogP contribution in [0, 0.1) is 6.92 Å². The van der Waals surface area contributed by atoms with Gasteiger partial charge in [0.15, 0.2) is 0 Å². The quantitative estimate of drug-likeness (QED) is 0.313. The molecule has 1 amide bonds. The number of hydrogen-bond donors (Lipinski definition) is 1. The molecule has 0 aliphatic heterocycles. The van der Waals surface area contributed by atoms with Gasteiger partial charge >= 0.3 is 0 Å². The third-order valence-corrected chi connectivity index (χ3v) is 7.68. The van der Waals surface area contributed by atoms with E-state index in [2.05, 4.69) is 5.32 Å². The minimum atomic E-state index is -3.88. The SMILES string of the molecule is CCCN(CC(=O)Nc1cc(-c2ccccc2)nn1-c1ccc(C)cc1)S(=O)(=O)c1ccc(Cl)cc1. The summed E-state index contributed by atoms with van der Waals surface area (Å²) in [4.78, 5) is 13.2. The van der Waals surface area contributed by atoms with E-state index in [1.807, 2.05) is 68.4 Å². The third kappa shape index (κ3) is 5.84. The van der Waals surface area contributed by atoms with E-state index in [0.717, 1.165) is 16.8 Å². The molecule has 0 spiro atoms. The minimum Gasteiger partial charge on any atom is -0.309 e. The van der Waals surface area contributed by atoms with E-state index in [1.165, 1.54) is 28.6 Å². The molecule has 9 heteroatoms. The van der Waals surface area contributed by atoms with Gasteiger partial charge in [-0.15, -0.1) is 0 Å². The first kappa shape index (κ1) is 25.6. The van der Waals surface area contributed by atoms with Crippen molar-refractivity contribution < 1.29 is 13.2 Å². The van der Waals surface area contributed by atoms with Crippen molar-refractivity contribution in [3.63, 3.8) is 0 Å². The molecule has 0 aliphatic rings. The second-order valence-corrected chi connectivity index (χ2v) is 10.7. The van der Waals surface area contributed by atoms with Crippen LogP contribution in [0.4, 0.5) is 5.82 Å². The Kier molecular flexibility index (Phi) is 7.88. The Morgan fingerprint density at radius 3 is 2.31 bits per heavy atom. The summed E-state index contributed by atoms with van der Waals surface area (Å²) >= 11 is 5.92. The summed E-state index contributed by atoms with van der Waals surface area (Å²) in [5.41, 5.74) is 3.46. The van der Waals surface area contributed by atoms with Gasteiger partial charge in [0.05, 0.1) is 22.8 Å². The molecule has 0 radical (unpaired) electrons. The van der Waals surface area contributed by atoms with Crippen LogP contribution in [0.5, 0.6) is 0 Å². The van der Waals surface area contributed by atoms with Crippen LogP contribution in [0.2, 0.25) is 5.02 Å². The third-order valence-electron chi connectivity index (χ3n) is 5.57. The van der Waals surface area contributed by atoms with E-state index >= 15 is 0 Å². The number of sulfonamides is 1. The van der Waals surface area contributed by atoms with Crippen LogP contribution in [-0.2, 0) is 14.8 Å². The van der Waals surface area contributed by atoms with Crippen LogP contribution in [0.1, 0.15) is 18.9 Å². The number of anilines is 1. The Balaban J connectivity index is 1.63. The summed E-state index contributed by atoms with van der Waals surface area (Å²) in [6.45, 7) is 3.72. The number of rotatable bonds is 9. The summed E-state index contributed by atoms with van der Waals surface area (Å²) in [7, 11) is -3.88. The highest BCUT2D eigenvalue weighted by Crippen LogP contribution is 2.25. The zero-order valence-electron chi connectivity index (χ0n) is 20.1. The molecule has 0 unspecified atom stereocenters. The molecular weight excluding hydrogens is 496 g/mol. The molecule has 0 atom stereocenters. The maximum atomic E-state index is 13.2. The zero-order valence-corrected chi connectivity index (χ0v) is 21.6. The maximum absolute atomic E-state index is 13.2. The lowest BCUT2D eigenvalue weighted by Gasteiger charge is -2.21. The smallest absolute Gasteiger partial charge is 0.243 e. The Hall–Kier alpha value is -3.46. The molecule has 1 heterocycles. The topological polar surface area (TPSA) is 84.3 Å². The van der Waals surface area contributed by atoms with Gasteiger partial charge in [-0.25, -0.2) is 13.1 Å². The molecule has 0 saturated carbocycles. The van der Waals surface area contributed by atoms with Gasteiger partial charge in [0.25, 0.3) is 0 Å². The van der Waals surface area contributed by atoms with E-state index in [1.54, 1.807) is 10.7 Å². The van der Waals surface area contributed by atoms with Crippen molar-refractivity contribution in [1.29, 1.82) is 0 Å². The minimum absolute atomic E-state index is 0.0872. The number of nitrogens with one attached hydrogen (secondary N) is 1. The number of benzene rings is 3. The van der Waals surface area contributed by atoms with Gasteiger partial charge in [-0.3, -0.25) is 4.79 Å². The number of nitrogens with zero attached hydrogens (tertiary/aromatic N) is 3. The average molecular weight is 523 g/mol. The van der Waals surface area contributed by atoms with Crippen LogP contribution in [-0.4, -0.2) is 41.5 Å². The highest BCUT2D eigenvalue weighted by Gasteiger charge is 2.26. The van der Waals surface area contributed by atoms with E-state index in [0.29, 0.717) is 23.0 Å². The average Bonchev–Trinajstić information content (AvgIpc) is 3.28. The molecular formula is C27H27ClN4O3S.